The molecule has 1 saturated heterocycles. The molecule has 164 valence electrons. The van der Waals surface area contributed by atoms with Gasteiger partial charge in [0.05, 0.1) is 29.3 Å². The molecule has 1 aliphatic rings. The number of hydrogen-bond acceptors (Lipinski definition) is 4. The number of benzene rings is 2. The van der Waals surface area contributed by atoms with Crippen LogP contribution in [-0.4, -0.2) is 35.4 Å². The van der Waals surface area contributed by atoms with Gasteiger partial charge in [0, 0.05) is 11.6 Å². The highest BCUT2D eigenvalue weighted by molar-refractivity contribution is 6.46. The topological polar surface area (TPSA) is 66.8 Å². The Bertz CT molecular complexity index is 1030. The van der Waals surface area contributed by atoms with Gasteiger partial charge in [0.15, 0.2) is 0 Å². The first kappa shape index (κ1) is 23.2. The van der Waals surface area contributed by atoms with Gasteiger partial charge in [0.25, 0.3) is 11.7 Å². The molecule has 2 aromatic rings. The lowest BCUT2D eigenvalue weighted by Gasteiger charge is -2.25. The third kappa shape index (κ3) is 4.43. The number of aliphatic hydroxyl groups excluding tert-OH is 1. The van der Waals surface area contributed by atoms with Gasteiger partial charge < -0.3 is 14.7 Å². The van der Waals surface area contributed by atoms with Crippen LogP contribution in [0.25, 0.3) is 5.76 Å². The standard InChI is InChI=1S/C24H25Cl2NO4/c1-4-6-11-27-20(15-9-7-14(5-2)8-10-15)19(22(29)24(27)30)21(28)17-12-16(25)13-18(26)23(17)31-3/h7-10,12-13,20,28H,4-6,11H2,1-3H3/b21-19+. The smallest absolute Gasteiger partial charge is 0.295 e. The van der Waals surface area contributed by atoms with Crippen LogP contribution in [0.1, 0.15) is 49.4 Å². The summed E-state index contributed by atoms with van der Waals surface area (Å²) in [6.07, 6.45) is 2.47. The van der Waals surface area contributed by atoms with Crippen LogP contribution >= 0.6 is 23.2 Å². The zero-order chi connectivity index (χ0) is 22.7. The number of likely N-dealkylation sites (tertiary alicyclic amines) is 1. The molecular weight excluding hydrogens is 437 g/mol. The van der Waals surface area contributed by atoms with Crippen molar-refractivity contribution in [3.63, 3.8) is 0 Å². The van der Waals surface area contributed by atoms with Crippen LogP contribution < -0.4 is 4.74 Å². The maximum Gasteiger partial charge on any atom is 0.295 e. The summed E-state index contributed by atoms with van der Waals surface area (Å²) in [5, 5.41) is 11.7. The third-order valence-electron chi connectivity index (χ3n) is 5.46. The molecule has 7 heteroatoms. The Hall–Kier alpha value is -2.50. The van der Waals surface area contributed by atoms with Gasteiger partial charge in [0.2, 0.25) is 0 Å². The Morgan fingerprint density at radius 2 is 1.81 bits per heavy atom. The molecular formula is C24H25Cl2NO4. The molecule has 0 saturated carbocycles. The van der Waals surface area contributed by atoms with Gasteiger partial charge in [0.1, 0.15) is 11.5 Å². The number of methoxy groups -OCH3 is 1. The van der Waals surface area contributed by atoms with E-state index in [1.54, 1.807) is 0 Å². The van der Waals surface area contributed by atoms with E-state index in [9.17, 15) is 14.7 Å². The second-order valence-corrected chi connectivity index (χ2v) is 8.25. The molecule has 0 aliphatic carbocycles. The van der Waals surface area contributed by atoms with E-state index >= 15 is 0 Å². The number of carbonyl (C=O) groups is 2. The van der Waals surface area contributed by atoms with E-state index in [-0.39, 0.29) is 32.7 Å². The maximum absolute atomic E-state index is 13.1. The number of Topliss-reactive ketones (excluding diaryl/α,β-unsaturated/α-hetero) is 1. The molecule has 3 rings (SSSR count). The van der Waals surface area contributed by atoms with Gasteiger partial charge in [-0.25, -0.2) is 0 Å². The molecule has 0 aromatic heterocycles. The van der Waals surface area contributed by atoms with Crippen molar-refractivity contribution < 1.29 is 19.4 Å². The van der Waals surface area contributed by atoms with Crippen LogP contribution in [-0.2, 0) is 16.0 Å². The average molecular weight is 462 g/mol. The van der Waals surface area contributed by atoms with Crippen molar-refractivity contribution >= 4 is 40.7 Å². The van der Waals surface area contributed by atoms with Crippen molar-refractivity contribution in [3.05, 3.63) is 68.7 Å². The van der Waals surface area contributed by atoms with Gasteiger partial charge >= 0.3 is 0 Å². The zero-order valence-electron chi connectivity index (χ0n) is 17.7. The Labute approximate surface area is 192 Å². The molecule has 5 nitrogen and oxygen atoms in total. The van der Waals surface area contributed by atoms with Crippen LogP contribution in [0.2, 0.25) is 10.0 Å². The van der Waals surface area contributed by atoms with Crippen molar-refractivity contribution in [1.29, 1.82) is 0 Å². The zero-order valence-corrected chi connectivity index (χ0v) is 19.3. The molecule has 31 heavy (non-hydrogen) atoms. The number of aliphatic hydroxyl groups is 1. The number of carbonyl (C=O) groups excluding carboxylic acids is 2. The van der Waals surface area contributed by atoms with Crippen LogP contribution in [0.4, 0.5) is 0 Å². The summed E-state index contributed by atoms with van der Waals surface area (Å²) in [5.74, 6) is -1.55. The van der Waals surface area contributed by atoms with Crippen molar-refractivity contribution in [2.75, 3.05) is 13.7 Å². The highest BCUT2D eigenvalue weighted by Crippen LogP contribution is 2.43. The third-order valence-corrected chi connectivity index (χ3v) is 5.96. The van der Waals surface area contributed by atoms with Crippen molar-refractivity contribution in [2.45, 2.75) is 39.2 Å². The normalized spacial score (nSPS) is 18.0. The summed E-state index contributed by atoms with van der Waals surface area (Å²) < 4.78 is 5.34. The number of nitrogens with zero attached hydrogens (tertiary/aromatic N) is 1. The minimum atomic E-state index is -0.740. The fourth-order valence-corrected chi connectivity index (χ4v) is 4.38. The van der Waals surface area contributed by atoms with Gasteiger partial charge in [-0.05, 0) is 36.1 Å². The minimum Gasteiger partial charge on any atom is -0.507 e. The molecule has 1 fully saturated rings. The summed E-state index contributed by atoms with van der Waals surface area (Å²) in [4.78, 5) is 27.5. The first-order valence-electron chi connectivity index (χ1n) is 10.2. The fourth-order valence-electron chi connectivity index (χ4n) is 3.81. The van der Waals surface area contributed by atoms with Crippen LogP contribution in [0, 0.1) is 0 Å². The van der Waals surface area contributed by atoms with Gasteiger partial charge in [-0.1, -0.05) is 67.7 Å². The van der Waals surface area contributed by atoms with E-state index in [1.165, 1.54) is 24.1 Å². The number of aryl methyl sites for hydroxylation is 1. The Morgan fingerprint density at radius 3 is 2.39 bits per heavy atom. The first-order chi connectivity index (χ1) is 14.8. The molecule has 0 bridgehead atoms. The van der Waals surface area contributed by atoms with E-state index in [4.69, 9.17) is 27.9 Å². The highest BCUT2D eigenvalue weighted by Gasteiger charge is 2.46. The Morgan fingerprint density at radius 1 is 1.13 bits per heavy atom. The number of amides is 1. The lowest BCUT2D eigenvalue weighted by atomic mass is 9.94. The molecule has 1 aliphatic heterocycles. The predicted molar refractivity (Wildman–Crippen MR) is 123 cm³/mol. The number of hydrogen-bond donors (Lipinski definition) is 1. The van der Waals surface area contributed by atoms with Crippen LogP contribution in [0.3, 0.4) is 0 Å². The molecule has 2 aromatic carbocycles. The quantitative estimate of drug-likeness (QED) is 0.322. The van der Waals surface area contributed by atoms with Gasteiger partial charge in [-0.2, -0.15) is 0 Å². The first-order valence-corrected chi connectivity index (χ1v) is 11.0. The summed E-state index contributed by atoms with van der Waals surface area (Å²) in [7, 11) is 1.41. The molecule has 1 unspecified atom stereocenters. The van der Waals surface area contributed by atoms with E-state index in [1.807, 2.05) is 31.2 Å². The second kappa shape index (κ2) is 9.75. The fraction of sp³-hybridized carbons (Fsp3) is 0.333. The minimum absolute atomic E-state index is 0.00184. The summed E-state index contributed by atoms with van der Waals surface area (Å²) in [6.45, 7) is 4.48. The molecule has 0 radical (unpaired) electrons. The van der Waals surface area contributed by atoms with Gasteiger partial charge in [-0.15, -0.1) is 0 Å². The summed E-state index contributed by atoms with van der Waals surface area (Å²) >= 11 is 12.4. The largest absolute Gasteiger partial charge is 0.507 e. The molecule has 1 heterocycles. The SMILES string of the molecule is CCCCN1C(=O)C(=O)/C(=C(/O)c2cc(Cl)cc(Cl)c2OC)C1c1ccc(CC)cc1. The molecule has 1 N–H and O–H groups in total. The number of rotatable bonds is 7. The van der Waals surface area contributed by atoms with E-state index in [0.29, 0.717) is 6.54 Å². The number of unbranched alkanes of at least 4 members (excludes halogenated alkanes) is 1. The van der Waals surface area contributed by atoms with Crippen LogP contribution in [0.15, 0.2) is 42.0 Å². The summed E-state index contributed by atoms with van der Waals surface area (Å²) in [6, 6.07) is 9.96. The lowest BCUT2D eigenvalue weighted by molar-refractivity contribution is -0.139. The van der Waals surface area contributed by atoms with Gasteiger partial charge in [-0.3, -0.25) is 9.59 Å². The van der Waals surface area contributed by atoms with Crippen molar-refractivity contribution in [2.24, 2.45) is 0 Å². The Kier molecular flexibility index (Phi) is 7.29. The van der Waals surface area contributed by atoms with E-state index in [0.717, 1.165) is 30.4 Å². The molecule has 0 spiro atoms. The monoisotopic (exact) mass is 461 g/mol. The second-order valence-electron chi connectivity index (χ2n) is 7.41. The van der Waals surface area contributed by atoms with E-state index < -0.39 is 17.7 Å². The lowest BCUT2D eigenvalue weighted by Crippen LogP contribution is -2.30. The maximum atomic E-state index is 13.1. The van der Waals surface area contributed by atoms with Crippen LogP contribution in [0.5, 0.6) is 5.75 Å². The highest BCUT2D eigenvalue weighted by atomic mass is 35.5. The Balaban J connectivity index is 2.24. The number of halogens is 2. The number of ether oxygens (including phenoxy) is 1. The molecule has 1 amide bonds. The van der Waals surface area contributed by atoms with Crippen molar-refractivity contribution in [3.8, 4) is 5.75 Å². The average Bonchev–Trinajstić information content (AvgIpc) is 3.01. The summed E-state index contributed by atoms with van der Waals surface area (Å²) in [5.41, 5.74) is 2.06. The molecule has 1 atom stereocenters. The van der Waals surface area contributed by atoms with Crippen molar-refractivity contribution in [1.82, 2.24) is 4.90 Å². The predicted octanol–water partition coefficient (Wildman–Crippen LogP) is 5.79. The number of ketones is 1. The van der Waals surface area contributed by atoms with E-state index in [2.05, 4.69) is 6.92 Å².